The Morgan fingerprint density at radius 2 is 2.00 bits per heavy atom. The van der Waals surface area contributed by atoms with E-state index < -0.39 is 0 Å². The Morgan fingerprint density at radius 3 is 2.56 bits per heavy atom. The van der Waals surface area contributed by atoms with Crippen LogP contribution in [-0.4, -0.2) is 21.5 Å². The number of rotatable bonds is 5. The van der Waals surface area contributed by atoms with Gasteiger partial charge in [-0.05, 0) is 26.5 Å². The number of aryl methyl sites for hydroxylation is 2. The predicted octanol–water partition coefficient (Wildman–Crippen LogP) is 2.44. The molecule has 0 amide bonds. The van der Waals surface area contributed by atoms with Crippen LogP contribution in [0.5, 0.6) is 0 Å². The maximum absolute atomic E-state index is 4.58. The first-order chi connectivity index (χ1) is 8.70. The van der Waals surface area contributed by atoms with E-state index in [1.165, 1.54) is 4.88 Å². The highest BCUT2D eigenvalue weighted by molar-refractivity contribution is 7.11. The fraction of sp³-hybridized carbons (Fsp3) is 0.462. The standard InChI is InChI=1S/C13H18N4S/c1-4-14-11(13-15-6-5-7-16-13)8-12-17-9(2)10(3)18-12/h5-7,11,14H,4,8H2,1-3H3. The quantitative estimate of drug-likeness (QED) is 0.899. The van der Waals surface area contributed by atoms with E-state index in [-0.39, 0.29) is 6.04 Å². The summed E-state index contributed by atoms with van der Waals surface area (Å²) in [5.41, 5.74) is 1.12. The van der Waals surface area contributed by atoms with Crippen LogP contribution in [0.4, 0.5) is 0 Å². The third-order valence-electron chi connectivity index (χ3n) is 2.80. The van der Waals surface area contributed by atoms with Gasteiger partial charge in [0.2, 0.25) is 0 Å². The minimum atomic E-state index is 0.140. The molecular weight excluding hydrogens is 244 g/mol. The first-order valence-electron chi connectivity index (χ1n) is 6.14. The van der Waals surface area contributed by atoms with Gasteiger partial charge < -0.3 is 5.32 Å². The molecule has 2 aromatic heterocycles. The summed E-state index contributed by atoms with van der Waals surface area (Å²) in [5, 5.41) is 4.56. The largest absolute Gasteiger partial charge is 0.307 e. The highest BCUT2D eigenvalue weighted by Crippen LogP contribution is 2.21. The predicted molar refractivity (Wildman–Crippen MR) is 73.7 cm³/mol. The average molecular weight is 262 g/mol. The summed E-state index contributed by atoms with van der Waals surface area (Å²) < 4.78 is 0. The van der Waals surface area contributed by atoms with Gasteiger partial charge in [0, 0.05) is 23.7 Å². The minimum Gasteiger partial charge on any atom is -0.307 e. The molecule has 0 saturated heterocycles. The van der Waals surface area contributed by atoms with E-state index in [0.29, 0.717) is 0 Å². The highest BCUT2D eigenvalue weighted by Gasteiger charge is 2.16. The summed E-state index contributed by atoms with van der Waals surface area (Å²) >= 11 is 1.76. The number of hydrogen-bond acceptors (Lipinski definition) is 5. The van der Waals surface area contributed by atoms with E-state index in [0.717, 1.165) is 29.5 Å². The maximum atomic E-state index is 4.58. The van der Waals surface area contributed by atoms with Crippen molar-refractivity contribution in [3.8, 4) is 0 Å². The molecule has 1 unspecified atom stereocenters. The molecule has 2 heterocycles. The molecule has 0 fully saturated rings. The van der Waals surface area contributed by atoms with Crippen LogP contribution in [0.15, 0.2) is 18.5 Å². The molecule has 5 heteroatoms. The van der Waals surface area contributed by atoms with Crippen molar-refractivity contribution in [3.05, 3.63) is 39.9 Å². The third kappa shape index (κ3) is 3.11. The Hall–Kier alpha value is -1.33. The molecule has 0 aliphatic carbocycles. The van der Waals surface area contributed by atoms with Gasteiger partial charge in [-0.25, -0.2) is 15.0 Å². The zero-order chi connectivity index (χ0) is 13.0. The first-order valence-corrected chi connectivity index (χ1v) is 6.95. The second kappa shape index (κ2) is 6.02. The molecule has 0 aliphatic rings. The number of aromatic nitrogens is 3. The summed E-state index contributed by atoms with van der Waals surface area (Å²) in [4.78, 5) is 14.5. The van der Waals surface area contributed by atoms with E-state index in [9.17, 15) is 0 Å². The van der Waals surface area contributed by atoms with Crippen molar-refractivity contribution in [1.82, 2.24) is 20.3 Å². The summed E-state index contributed by atoms with van der Waals surface area (Å²) in [6.45, 7) is 7.15. The molecule has 0 aliphatic heterocycles. The molecule has 0 radical (unpaired) electrons. The van der Waals surface area contributed by atoms with Crippen molar-refractivity contribution >= 4 is 11.3 Å². The molecule has 1 atom stereocenters. The molecule has 2 aromatic rings. The summed E-state index contributed by atoms with van der Waals surface area (Å²) in [5.74, 6) is 0.838. The van der Waals surface area contributed by atoms with Crippen LogP contribution in [0, 0.1) is 13.8 Å². The molecular formula is C13H18N4S. The zero-order valence-corrected chi connectivity index (χ0v) is 11.8. The molecule has 0 saturated carbocycles. The van der Waals surface area contributed by atoms with Crippen molar-refractivity contribution in [2.75, 3.05) is 6.54 Å². The second-order valence-electron chi connectivity index (χ2n) is 4.17. The van der Waals surface area contributed by atoms with Gasteiger partial charge in [-0.1, -0.05) is 6.92 Å². The van der Waals surface area contributed by atoms with E-state index in [2.05, 4.69) is 41.0 Å². The van der Waals surface area contributed by atoms with Crippen molar-refractivity contribution in [3.63, 3.8) is 0 Å². The third-order valence-corrected chi connectivity index (χ3v) is 3.89. The Morgan fingerprint density at radius 1 is 1.28 bits per heavy atom. The molecule has 0 spiro atoms. The smallest absolute Gasteiger partial charge is 0.145 e. The lowest BCUT2D eigenvalue weighted by molar-refractivity contribution is 0.520. The molecule has 0 bridgehead atoms. The second-order valence-corrected chi connectivity index (χ2v) is 5.46. The number of nitrogens with zero attached hydrogens (tertiary/aromatic N) is 3. The number of nitrogens with one attached hydrogen (secondary N) is 1. The highest BCUT2D eigenvalue weighted by atomic mass is 32.1. The van der Waals surface area contributed by atoms with Crippen LogP contribution >= 0.6 is 11.3 Å². The lowest BCUT2D eigenvalue weighted by atomic mass is 10.2. The van der Waals surface area contributed by atoms with Crippen molar-refractivity contribution in [1.29, 1.82) is 0 Å². The Bertz CT molecular complexity index is 475. The minimum absolute atomic E-state index is 0.140. The van der Waals surface area contributed by atoms with Gasteiger partial charge >= 0.3 is 0 Å². The van der Waals surface area contributed by atoms with Gasteiger partial charge in [-0.2, -0.15) is 0 Å². The summed E-state index contributed by atoms with van der Waals surface area (Å²) in [6.07, 6.45) is 4.41. The molecule has 4 nitrogen and oxygen atoms in total. The fourth-order valence-electron chi connectivity index (χ4n) is 1.79. The van der Waals surface area contributed by atoms with E-state index in [4.69, 9.17) is 0 Å². The molecule has 1 N–H and O–H groups in total. The molecule has 0 aromatic carbocycles. The fourth-order valence-corrected chi connectivity index (χ4v) is 2.77. The summed E-state index contributed by atoms with van der Waals surface area (Å²) in [7, 11) is 0. The molecule has 2 rings (SSSR count). The van der Waals surface area contributed by atoms with Crippen molar-refractivity contribution in [2.24, 2.45) is 0 Å². The van der Waals surface area contributed by atoms with Crippen LogP contribution in [0.2, 0.25) is 0 Å². The SMILES string of the molecule is CCNC(Cc1nc(C)c(C)s1)c1ncccn1. The van der Waals surface area contributed by atoms with Crippen molar-refractivity contribution < 1.29 is 0 Å². The van der Waals surface area contributed by atoms with E-state index >= 15 is 0 Å². The monoisotopic (exact) mass is 262 g/mol. The zero-order valence-electron chi connectivity index (χ0n) is 11.0. The van der Waals surface area contributed by atoms with Gasteiger partial charge in [-0.15, -0.1) is 11.3 Å². The van der Waals surface area contributed by atoms with Gasteiger partial charge in [0.25, 0.3) is 0 Å². The lowest BCUT2D eigenvalue weighted by Crippen LogP contribution is -2.24. The Kier molecular flexibility index (Phi) is 4.38. The summed E-state index contributed by atoms with van der Waals surface area (Å²) in [6, 6.07) is 1.98. The number of thiazole rings is 1. The van der Waals surface area contributed by atoms with Crippen LogP contribution in [0.1, 0.15) is 34.4 Å². The van der Waals surface area contributed by atoms with Gasteiger partial charge in [0.15, 0.2) is 0 Å². The van der Waals surface area contributed by atoms with Gasteiger partial charge in [0.1, 0.15) is 5.82 Å². The average Bonchev–Trinajstić information content (AvgIpc) is 2.69. The van der Waals surface area contributed by atoms with Gasteiger partial charge in [-0.3, -0.25) is 0 Å². The Balaban J connectivity index is 2.16. The number of hydrogen-bond donors (Lipinski definition) is 1. The van der Waals surface area contributed by atoms with E-state index in [1.807, 2.05) is 6.07 Å². The first kappa shape index (κ1) is 13.1. The van der Waals surface area contributed by atoms with Crippen molar-refractivity contribution in [2.45, 2.75) is 33.2 Å². The van der Waals surface area contributed by atoms with Crippen LogP contribution < -0.4 is 5.32 Å². The molecule has 96 valence electrons. The van der Waals surface area contributed by atoms with Crippen LogP contribution in [0.25, 0.3) is 0 Å². The normalized spacial score (nSPS) is 12.6. The maximum Gasteiger partial charge on any atom is 0.145 e. The number of likely N-dealkylation sites (N-methyl/N-ethyl adjacent to an activating group) is 1. The Labute approximate surface area is 112 Å². The van der Waals surface area contributed by atoms with E-state index in [1.54, 1.807) is 23.7 Å². The topological polar surface area (TPSA) is 50.7 Å². The van der Waals surface area contributed by atoms with Crippen LogP contribution in [0.3, 0.4) is 0 Å². The molecule has 18 heavy (non-hydrogen) atoms. The van der Waals surface area contributed by atoms with Crippen LogP contribution in [-0.2, 0) is 6.42 Å². The lowest BCUT2D eigenvalue weighted by Gasteiger charge is -2.14. The van der Waals surface area contributed by atoms with Gasteiger partial charge in [0.05, 0.1) is 16.7 Å².